The third kappa shape index (κ3) is 6.21. The molecule has 0 aliphatic rings. The lowest BCUT2D eigenvalue weighted by Crippen LogP contribution is -2.00. The number of benzene rings is 9. The van der Waals surface area contributed by atoms with Crippen molar-refractivity contribution in [2.75, 3.05) is 0 Å². The van der Waals surface area contributed by atoms with Crippen LogP contribution in [0.2, 0.25) is 0 Å². The fourth-order valence-corrected chi connectivity index (χ4v) is 8.37. The predicted octanol–water partition coefficient (Wildman–Crippen LogP) is 14.4. The molecular formula is C55H33N5. The van der Waals surface area contributed by atoms with E-state index >= 15 is 0 Å². The van der Waals surface area contributed by atoms with E-state index in [1.165, 1.54) is 16.2 Å². The Hall–Kier alpha value is -8.33. The van der Waals surface area contributed by atoms with Crippen molar-refractivity contribution in [3.05, 3.63) is 212 Å². The van der Waals surface area contributed by atoms with Crippen LogP contribution in [-0.2, 0) is 0 Å². The Kier molecular flexibility index (Phi) is 8.46. The molecule has 9 aromatic carbocycles. The first-order valence-electron chi connectivity index (χ1n) is 19.9. The molecule has 0 saturated carbocycles. The normalized spacial score (nSPS) is 11.3. The Bertz CT molecular complexity index is 3420. The molecule has 0 saturated heterocycles. The molecule has 2 aromatic heterocycles. The van der Waals surface area contributed by atoms with Crippen molar-refractivity contribution in [3.63, 3.8) is 0 Å². The lowest BCUT2D eigenvalue weighted by Gasteiger charge is -2.16. The van der Waals surface area contributed by atoms with E-state index in [1.807, 2.05) is 97.2 Å². The number of hydrogen-bond donors (Lipinski definition) is 0. The summed E-state index contributed by atoms with van der Waals surface area (Å²) in [4.78, 5) is 23.4. The van der Waals surface area contributed by atoms with Crippen molar-refractivity contribution >= 4 is 48.9 Å². The maximum absolute atomic E-state index is 7.43. The van der Waals surface area contributed by atoms with Gasteiger partial charge in [-0.2, -0.15) is 0 Å². The maximum Gasteiger partial charge on any atom is 0.187 e. The quantitative estimate of drug-likeness (QED) is 0.125. The van der Waals surface area contributed by atoms with Crippen LogP contribution >= 0.6 is 0 Å². The van der Waals surface area contributed by atoms with Gasteiger partial charge in [0.25, 0.3) is 0 Å². The second-order valence-corrected chi connectivity index (χ2v) is 14.9. The van der Waals surface area contributed by atoms with Crippen molar-refractivity contribution in [1.29, 1.82) is 0 Å². The number of fused-ring (bicyclic) bond motifs is 6. The van der Waals surface area contributed by atoms with Gasteiger partial charge in [-0.25, -0.2) is 19.8 Å². The molecule has 0 aliphatic carbocycles. The van der Waals surface area contributed by atoms with E-state index in [2.05, 4.69) is 108 Å². The van der Waals surface area contributed by atoms with E-state index in [-0.39, 0.29) is 0 Å². The van der Waals surface area contributed by atoms with Gasteiger partial charge >= 0.3 is 0 Å². The lowest BCUT2D eigenvalue weighted by molar-refractivity contribution is 1.07. The van der Waals surface area contributed by atoms with Crippen molar-refractivity contribution in [2.24, 2.45) is 0 Å². The molecule has 60 heavy (non-hydrogen) atoms. The zero-order valence-corrected chi connectivity index (χ0v) is 32.3. The van der Waals surface area contributed by atoms with E-state index in [9.17, 15) is 0 Å². The first-order chi connectivity index (χ1) is 29.7. The molecule has 11 aromatic rings. The van der Waals surface area contributed by atoms with E-state index < -0.39 is 0 Å². The molecule has 0 N–H and O–H groups in total. The summed E-state index contributed by atoms with van der Waals surface area (Å²) in [5, 5.41) is 8.10. The van der Waals surface area contributed by atoms with Crippen molar-refractivity contribution < 1.29 is 0 Å². The van der Waals surface area contributed by atoms with Crippen molar-refractivity contribution in [2.45, 2.75) is 0 Å². The van der Waals surface area contributed by atoms with Crippen LogP contribution in [0.5, 0.6) is 0 Å². The van der Waals surface area contributed by atoms with Crippen LogP contribution in [0, 0.1) is 6.57 Å². The van der Waals surface area contributed by atoms with Crippen molar-refractivity contribution in [3.8, 4) is 67.5 Å². The van der Waals surface area contributed by atoms with Gasteiger partial charge in [-0.1, -0.05) is 158 Å². The lowest BCUT2D eigenvalue weighted by atomic mass is 9.88. The highest BCUT2D eigenvalue weighted by Gasteiger charge is 2.17. The molecule has 5 heteroatoms. The van der Waals surface area contributed by atoms with Crippen LogP contribution in [-0.4, -0.2) is 19.9 Å². The highest BCUT2D eigenvalue weighted by molar-refractivity contribution is 6.23. The van der Waals surface area contributed by atoms with Gasteiger partial charge in [-0.15, -0.1) is 0 Å². The van der Waals surface area contributed by atoms with Crippen LogP contribution in [0.4, 0.5) is 5.69 Å². The molecule has 0 bridgehead atoms. The maximum atomic E-state index is 7.43. The first kappa shape index (κ1) is 34.9. The number of aromatic nitrogens is 4. The van der Waals surface area contributed by atoms with Gasteiger partial charge in [0, 0.05) is 33.8 Å². The van der Waals surface area contributed by atoms with Crippen LogP contribution in [0.25, 0.3) is 116 Å². The smallest absolute Gasteiger partial charge is 0.187 e. The minimum absolute atomic E-state index is 0.630. The molecule has 0 atom stereocenters. The Balaban J connectivity index is 0.990. The average molecular weight is 764 g/mol. The molecule has 11 rings (SSSR count). The van der Waals surface area contributed by atoms with E-state index in [0.717, 1.165) is 77.1 Å². The van der Waals surface area contributed by atoms with Crippen LogP contribution in [0.1, 0.15) is 0 Å². The number of rotatable bonds is 6. The summed E-state index contributed by atoms with van der Waals surface area (Å²) in [6.45, 7) is 7.43. The van der Waals surface area contributed by atoms with Gasteiger partial charge in [-0.3, -0.25) is 4.98 Å². The topological polar surface area (TPSA) is 55.9 Å². The zero-order chi connectivity index (χ0) is 40.0. The fraction of sp³-hybridized carbons (Fsp3) is 0. The van der Waals surface area contributed by atoms with E-state index in [4.69, 9.17) is 26.5 Å². The Morgan fingerprint density at radius 2 is 0.850 bits per heavy atom. The summed E-state index contributed by atoms with van der Waals surface area (Å²) < 4.78 is 0. The molecule has 0 radical (unpaired) electrons. The standard InChI is InChI=1S/C55H33N5/c1-56-44-27-25-35(26-28-44)48-33-51-47-20-11-29-57-52(47)49(34-50(51)46-19-9-8-18-45(46)48)42-24-23-40-30-39(21-22-41(40)31-42)38-16-10-17-43(32-38)55-59-53(36-12-4-2-5-13-36)58-54(60-55)37-14-6-3-7-15-37/h2-34H. The summed E-state index contributed by atoms with van der Waals surface area (Å²) in [6.07, 6.45) is 1.88. The van der Waals surface area contributed by atoms with Crippen LogP contribution < -0.4 is 0 Å². The number of pyridine rings is 1. The molecule has 0 aliphatic heterocycles. The monoisotopic (exact) mass is 763 g/mol. The summed E-state index contributed by atoms with van der Waals surface area (Å²) in [5.41, 5.74) is 11.0. The second-order valence-electron chi connectivity index (χ2n) is 14.9. The Morgan fingerprint density at radius 3 is 1.55 bits per heavy atom. The van der Waals surface area contributed by atoms with Gasteiger partial charge < -0.3 is 0 Å². The predicted molar refractivity (Wildman–Crippen MR) is 247 cm³/mol. The molecule has 0 spiro atoms. The summed E-state index contributed by atoms with van der Waals surface area (Å²) >= 11 is 0. The van der Waals surface area contributed by atoms with Gasteiger partial charge in [0.05, 0.1) is 12.1 Å². The minimum Gasteiger partial charge on any atom is -0.256 e. The molecule has 0 unspecified atom stereocenters. The van der Waals surface area contributed by atoms with Gasteiger partial charge in [-0.05, 0) is 96.5 Å². The summed E-state index contributed by atoms with van der Waals surface area (Å²) in [7, 11) is 0. The number of nitrogens with zero attached hydrogens (tertiary/aromatic N) is 5. The molecule has 2 heterocycles. The summed E-state index contributed by atoms with van der Waals surface area (Å²) in [6, 6.07) is 67.2. The Morgan fingerprint density at radius 1 is 0.333 bits per heavy atom. The molecule has 5 nitrogen and oxygen atoms in total. The van der Waals surface area contributed by atoms with Crippen LogP contribution in [0.15, 0.2) is 200 Å². The highest BCUT2D eigenvalue weighted by Crippen LogP contribution is 2.42. The zero-order valence-electron chi connectivity index (χ0n) is 32.3. The van der Waals surface area contributed by atoms with Gasteiger partial charge in [0.2, 0.25) is 0 Å². The first-order valence-corrected chi connectivity index (χ1v) is 19.9. The summed E-state index contributed by atoms with van der Waals surface area (Å²) in [5.74, 6) is 1.91. The second kappa shape index (κ2) is 14.6. The van der Waals surface area contributed by atoms with Crippen molar-refractivity contribution in [1.82, 2.24) is 19.9 Å². The number of hydrogen-bond acceptors (Lipinski definition) is 4. The van der Waals surface area contributed by atoms with Gasteiger partial charge in [0.15, 0.2) is 23.2 Å². The third-order valence-corrected chi connectivity index (χ3v) is 11.3. The molecule has 0 fully saturated rings. The molecule has 0 amide bonds. The largest absolute Gasteiger partial charge is 0.256 e. The molecular weight excluding hydrogens is 731 g/mol. The Labute approximate surface area is 346 Å². The third-order valence-electron chi connectivity index (χ3n) is 11.3. The van der Waals surface area contributed by atoms with E-state index in [0.29, 0.717) is 23.2 Å². The van der Waals surface area contributed by atoms with E-state index in [1.54, 1.807) is 0 Å². The van der Waals surface area contributed by atoms with Gasteiger partial charge in [0.1, 0.15) is 0 Å². The van der Waals surface area contributed by atoms with Crippen LogP contribution in [0.3, 0.4) is 0 Å². The average Bonchev–Trinajstić information content (AvgIpc) is 3.33. The fourth-order valence-electron chi connectivity index (χ4n) is 8.37. The minimum atomic E-state index is 0.630. The highest BCUT2D eigenvalue weighted by atomic mass is 15.0. The molecule has 278 valence electrons. The SMILES string of the molecule is [C-]#[N+]c1ccc(-c2cc3c4cccnc4c(-c4ccc5cc(-c6cccc(-c7nc(-c8ccccc8)nc(-c8ccccc8)n7)c6)ccc5c4)cc3c3ccccc23)cc1.